The Hall–Kier alpha value is -2.82. The molecule has 1 atom stereocenters. The van der Waals surface area contributed by atoms with Gasteiger partial charge in [-0.3, -0.25) is 9.20 Å². The van der Waals surface area contributed by atoms with E-state index in [1.54, 1.807) is 17.9 Å². The number of fused-ring (bicyclic) bond motifs is 1. The van der Waals surface area contributed by atoms with Gasteiger partial charge in [-0.2, -0.15) is 0 Å². The standard InChI is InChI=1S/C33H46FN5O3S/c1-6-38(22(3)4)33(40)31-18-27(34)10-13-30(31)32-17-26(16-29-19-35-23(5)39(29)32)25-14-15-37(21-25)20-24-8-11-28(12-9-24)36-43(41,42)7-2/h10,13,16-19,22,24-25,28,36H,6-9,11-12,14-15,20-21H2,1-5H3. The molecule has 0 bridgehead atoms. The number of hydrogen-bond acceptors (Lipinski definition) is 5. The second kappa shape index (κ2) is 13.0. The van der Waals surface area contributed by atoms with Gasteiger partial charge in [-0.25, -0.2) is 22.5 Å². The van der Waals surface area contributed by atoms with Crippen molar-refractivity contribution in [1.29, 1.82) is 0 Å². The maximum atomic E-state index is 14.6. The molecule has 0 spiro atoms. The summed E-state index contributed by atoms with van der Waals surface area (Å²) in [6.07, 6.45) is 6.78. The van der Waals surface area contributed by atoms with E-state index in [1.807, 2.05) is 33.9 Å². The van der Waals surface area contributed by atoms with Crippen molar-refractivity contribution in [2.24, 2.45) is 5.92 Å². The Morgan fingerprint density at radius 2 is 1.86 bits per heavy atom. The van der Waals surface area contributed by atoms with Crippen LogP contribution in [0.25, 0.3) is 16.8 Å². The average Bonchev–Trinajstić information content (AvgIpc) is 3.60. The third kappa shape index (κ3) is 6.97. The zero-order chi connectivity index (χ0) is 30.9. The van der Waals surface area contributed by atoms with Gasteiger partial charge in [0, 0.05) is 37.3 Å². The highest BCUT2D eigenvalue weighted by molar-refractivity contribution is 7.89. The first kappa shape index (κ1) is 31.6. The Balaban J connectivity index is 1.37. The molecule has 1 aliphatic carbocycles. The average molecular weight is 612 g/mol. The van der Waals surface area contributed by atoms with Crippen LogP contribution in [0.2, 0.25) is 0 Å². The van der Waals surface area contributed by atoms with Crippen LogP contribution < -0.4 is 4.72 Å². The Bertz CT molecular complexity index is 1560. The van der Waals surface area contributed by atoms with Crippen molar-refractivity contribution in [2.45, 2.75) is 84.7 Å². The van der Waals surface area contributed by atoms with E-state index in [4.69, 9.17) is 0 Å². The molecule has 0 radical (unpaired) electrons. The van der Waals surface area contributed by atoms with Crippen LogP contribution in [0.4, 0.5) is 4.39 Å². The van der Waals surface area contributed by atoms with Crippen molar-refractivity contribution in [3.63, 3.8) is 0 Å². The number of benzene rings is 1. The molecule has 1 N–H and O–H groups in total. The molecule has 1 saturated carbocycles. The second-order valence-electron chi connectivity index (χ2n) is 12.6. The van der Waals surface area contributed by atoms with Crippen molar-refractivity contribution < 1.29 is 17.6 Å². The Labute approximate surface area is 255 Å². The van der Waals surface area contributed by atoms with Crippen LogP contribution in [-0.2, 0) is 10.0 Å². The van der Waals surface area contributed by atoms with Gasteiger partial charge in [-0.15, -0.1) is 0 Å². The smallest absolute Gasteiger partial charge is 0.254 e. The summed E-state index contributed by atoms with van der Waals surface area (Å²) in [5.74, 6) is 1.27. The van der Waals surface area contributed by atoms with E-state index in [9.17, 15) is 17.6 Å². The Morgan fingerprint density at radius 3 is 2.53 bits per heavy atom. The summed E-state index contributed by atoms with van der Waals surface area (Å²) in [6, 6.07) is 8.97. The fourth-order valence-corrected chi connectivity index (χ4v) is 7.91. The van der Waals surface area contributed by atoms with Crippen LogP contribution >= 0.6 is 0 Å². The van der Waals surface area contributed by atoms with E-state index in [0.29, 0.717) is 29.5 Å². The predicted molar refractivity (Wildman–Crippen MR) is 169 cm³/mol. The van der Waals surface area contributed by atoms with Crippen LogP contribution in [0.15, 0.2) is 36.5 Å². The van der Waals surface area contributed by atoms with Gasteiger partial charge in [0.05, 0.1) is 28.7 Å². The lowest BCUT2D eigenvalue weighted by atomic mass is 9.86. The maximum Gasteiger partial charge on any atom is 0.254 e. The van der Waals surface area contributed by atoms with Gasteiger partial charge < -0.3 is 9.80 Å². The number of nitrogens with zero attached hydrogens (tertiary/aromatic N) is 4. The SMILES string of the molecule is CCN(C(=O)c1cc(F)ccc1-c1cc(C2CCN(CC3CCC(NS(=O)(=O)CC)CC3)C2)cc2cnc(C)n12)C(C)C. The van der Waals surface area contributed by atoms with E-state index in [0.717, 1.165) is 68.8 Å². The molecular weight excluding hydrogens is 565 g/mol. The van der Waals surface area contributed by atoms with Gasteiger partial charge in [0.25, 0.3) is 5.91 Å². The van der Waals surface area contributed by atoms with Crippen LogP contribution in [-0.4, -0.2) is 77.5 Å². The molecule has 1 aromatic carbocycles. The number of carbonyl (C=O) groups excluding carboxylic acids is 1. The molecule has 1 saturated heterocycles. The molecule has 10 heteroatoms. The van der Waals surface area contributed by atoms with Crippen LogP contribution in [0.5, 0.6) is 0 Å². The van der Waals surface area contributed by atoms with E-state index >= 15 is 0 Å². The van der Waals surface area contributed by atoms with Crippen LogP contribution in [0, 0.1) is 18.7 Å². The molecule has 1 aliphatic heterocycles. The van der Waals surface area contributed by atoms with Gasteiger partial charge in [-0.1, -0.05) is 0 Å². The number of pyridine rings is 1. The number of amides is 1. The van der Waals surface area contributed by atoms with Gasteiger partial charge >= 0.3 is 0 Å². The summed E-state index contributed by atoms with van der Waals surface area (Å²) in [6.45, 7) is 13.1. The lowest BCUT2D eigenvalue weighted by Gasteiger charge is -2.31. The summed E-state index contributed by atoms with van der Waals surface area (Å²) in [5.41, 5.74) is 4.12. The number of nitrogens with one attached hydrogen (secondary N) is 1. The first-order valence-corrected chi connectivity index (χ1v) is 17.5. The molecule has 1 amide bonds. The van der Waals surface area contributed by atoms with Gasteiger partial charge in [0.15, 0.2) is 0 Å². The zero-order valence-corrected chi connectivity index (χ0v) is 27.0. The van der Waals surface area contributed by atoms with Crippen molar-refractivity contribution in [3.05, 3.63) is 59.3 Å². The highest BCUT2D eigenvalue weighted by Crippen LogP contribution is 2.36. The normalized spacial score (nSPS) is 21.6. The number of likely N-dealkylation sites (tertiary alicyclic amines) is 1. The molecule has 2 fully saturated rings. The Morgan fingerprint density at radius 1 is 1.12 bits per heavy atom. The number of aryl methyl sites for hydroxylation is 1. The van der Waals surface area contributed by atoms with Crippen LogP contribution in [0.1, 0.15) is 87.5 Å². The number of aromatic nitrogens is 2. The molecule has 5 rings (SSSR count). The first-order valence-electron chi connectivity index (χ1n) is 15.8. The van der Waals surface area contributed by atoms with Crippen LogP contribution in [0.3, 0.4) is 0 Å². The number of halogens is 1. The molecule has 2 aliphatic rings. The van der Waals surface area contributed by atoms with Crippen molar-refractivity contribution in [3.8, 4) is 11.3 Å². The predicted octanol–water partition coefficient (Wildman–Crippen LogP) is 5.61. The minimum Gasteiger partial charge on any atom is -0.336 e. The van der Waals surface area contributed by atoms with E-state index in [-0.39, 0.29) is 23.7 Å². The van der Waals surface area contributed by atoms with Crippen molar-refractivity contribution in [1.82, 2.24) is 23.9 Å². The number of hydrogen-bond donors (Lipinski definition) is 1. The third-order valence-corrected chi connectivity index (χ3v) is 10.8. The quantitative estimate of drug-likeness (QED) is 0.322. The largest absolute Gasteiger partial charge is 0.336 e. The molecule has 8 nitrogen and oxygen atoms in total. The summed E-state index contributed by atoms with van der Waals surface area (Å²) in [7, 11) is -3.16. The fraction of sp³-hybridized carbons (Fsp3) is 0.576. The number of imidazole rings is 1. The highest BCUT2D eigenvalue weighted by Gasteiger charge is 2.30. The topological polar surface area (TPSA) is 87.0 Å². The lowest BCUT2D eigenvalue weighted by Crippen LogP contribution is -2.40. The van der Waals surface area contributed by atoms with Gasteiger partial charge in [0.1, 0.15) is 11.6 Å². The lowest BCUT2D eigenvalue weighted by molar-refractivity contribution is 0.0717. The summed E-state index contributed by atoms with van der Waals surface area (Å²) >= 11 is 0. The molecule has 3 heterocycles. The molecule has 43 heavy (non-hydrogen) atoms. The molecule has 2 aromatic heterocycles. The molecule has 1 unspecified atom stereocenters. The zero-order valence-electron chi connectivity index (χ0n) is 26.1. The summed E-state index contributed by atoms with van der Waals surface area (Å²) in [5, 5.41) is 0. The number of rotatable bonds is 10. The minimum absolute atomic E-state index is 0.00452. The van der Waals surface area contributed by atoms with Crippen molar-refractivity contribution in [2.75, 3.05) is 31.9 Å². The summed E-state index contributed by atoms with van der Waals surface area (Å²) < 4.78 is 43.4. The highest BCUT2D eigenvalue weighted by atomic mass is 32.2. The van der Waals surface area contributed by atoms with E-state index in [1.165, 1.54) is 17.7 Å². The molecule has 3 aromatic rings. The van der Waals surface area contributed by atoms with Crippen molar-refractivity contribution >= 4 is 21.4 Å². The Kier molecular flexibility index (Phi) is 9.58. The van der Waals surface area contributed by atoms with E-state index < -0.39 is 15.8 Å². The maximum absolute atomic E-state index is 14.6. The third-order valence-electron chi connectivity index (χ3n) is 9.37. The fourth-order valence-electron chi connectivity index (χ4n) is 7.00. The van der Waals surface area contributed by atoms with E-state index in [2.05, 4.69) is 31.1 Å². The van der Waals surface area contributed by atoms with Gasteiger partial charge in [0.2, 0.25) is 10.0 Å². The summed E-state index contributed by atoms with van der Waals surface area (Å²) in [4.78, 5) is 22.6. The second-order valence-corrected chi connectivity index (χ2v) is 14.6. The minimum atomic E-state index is -3.16. The number of carbonyl (C=O) groups is 1. The number of sulfonamides is 1. The molecular formula is C33H46FN5O3S. The molecule has 234 valence electrons. The first-order chi connectivity index (χ1) is 20.5. The van der Waals surface area contributed by atoms with Gasteiger partial charge in [-0.05, 0) is 121 Å². The monoisotopic (exact) mass is 611 g/mol.